The van der Waals surface area contributed by atoms with Gasteiger partial charge in [-0.25, -0.2) is 8.42 Å². The number of fused-ring (bicyclic) bond motifs is 1. The molecule has 0 bridgehead atoms. The minimum absolute atomic E-state index is 0.0479. The lowest BCUT2D eigenvalue weighted by Crippen LogP contribution is -2.43. The molecule has 2 aliphatic rings. The van der Waals surface area contributed by atoms with Crippen LogP contribution in [0.1, 0.15) is 29.5 Å². The highest BCUT2D eigenvalue weighted by Crippen LogP contribution is 2.26. The predicted molar refractivity (Wildman–Crippen MR) is 80.0 cm³/mol. The number of hydrogen-bond donors (Lipinski definition) is 2. The molecule has 1 fully saturated rings. The van der Waals surface area contributed by atoms with Gasteiger partial charge < -0.3 is 0 Å². The van der Waals surface area contributed by atoms with Gasteiger partial charge in [0.05, 0.1) is 11.5 Å². The average molecular weight is 294 g/mol. The maximum absolute atomic E-state index is 11.6. The minimum atomic E-state index is -2.85. The summed E-state index contributed by atoms with van der Waals surface area (Å²) in [5.41, 5.74) is 7.02. The van der Waals surface area contributed by atoms with E-state index in [-0.39, 0.29) is 17.7 Å². The Kier molecular flexibility index (Phi) is 3.84. The van der Waals surface area contributed by atoms with E-state index < -0.39 is 9.84 Å². The van der Waals surface area contributed by atoms with Gasteiger partial charge in [-0.1, -0.05) is 18.2 Å². The summed E-state index contributed by atoms with van der Waals surface area (Å²) >= 11 is 0. The first-order valence-electron chi connectivity index (χ1n) is 7.34. The number of aryl methyl sites for hydroxylation is 2. The van der Waals surface area contributed by atoms with Crippen LogP contribution in [0, 0.1) is 5.92 Å². The smallest absolute Gasteiger partial charge is 0.150 e. The van der Waals surface area contributed by atoms with Crippen molar-refractivity contribution in [3.8, 4) is 0 Å². The molecule has 4 nitrogen and oxygen atoms in total. The summed E-state index contributed by atoms with van der Waals surface area (Å²) in [6.07, 6.45) is 5.14. The number of nitrogens with one attached hydrogen (secondary N) is 1. The van der Waals surface area contributed by atoms with Crippen molar-refractivity contribution in [2.24, 2.45) is 11.8 Å². The van der Waals surface area contributed by atoms with Gasteiger partial charge in [0.2, 0.25) is 0 Å². The zero-order valence-electron chi connectivity index (χ0n) is 11.6. The van der Waals surface area contributed by atoms with E-state index in [1.807, 2.05) is 0 Å². The lowest BCUT2D eigenvalue weighted by molar-refractivity contribution is 0.385. The van der Waals surface area contributed by atoms with Gasteiger partial charge in [0, 0.05) is 6.04 Å². The van der Waals surface area contributed by atoms with Crippen LogP contribution in [0.3, 0.4) is 0 Å². The SMILES string of the molecule is NNC(Cc1ccc2c(c1)CCC2)C1CCS(=O)(=O)C1. The molecule has 1 saturated heterocycles. The maximum Gasteiger partial charge on any atom is 0.150 e. The Morgan fingerprint density at radius 3 is 2.80 bits per heavy atom. The Labute approximate surface area is 120 Å². The second-order valence-electron chi connectivity index (χ2n) is 6.10. The van der Waals surface area contributed by atoms with Crippen LogP contribution in [0.25, 0.3) is 0 Å². The molecule has 1 aliphatic heterocycles. The lowest BCUT2D eigenvalue weighted by atomic mass is 9.92. The molecule has 1 aliphatic carbocycles. The summed E-state index contributed by atoms with van der Waals surface area (Å²) in [6.45, 7) is 0. The van der Waals surface area contributed by atoms with Crippen molar-refractivity contribution in [3.63, 3.8) is 0 Å². The van der Waals surface area contributed by atoms with Gasteiger partial charge in [-0.05, 0) is 54.7 Å². The van der Waals surface area contributed by atoms with E-state index in [9.17, 15) is 8.42 Å². The van der Waals surface area contributed by atoms with Crippen molar-refractivity contribution < 1.29 is 8.42 Å². The summed E-state index contributed by atoms with van der Waals surface area (Å²) < 4.78 is 23.2. The van der Waals surface area contributed by atoms with Gasteiger partial charge in [0.25, 0.3) is 0 Å². The largest absolute Gasteiger partial charge is 0.271 e. The first kappa shape index (κ1) is 14.0. The van der Waals surface area contributed by atoms with Crippen LogP contribution < -0.4 is 11.3 Å². The molecular weight excluding hydrogens is 272 g/mol. The molecule has 3 N–H and O–H groups in total. The molecule has 5 heteroatoms. The lowest BCUT2D eigenvalue weighted by Gasteiger charge is -2.22. The Morgan fingerprint density at radius 2 is 2.10 bits per heavy atom. The van der Waals surface area contributed by atoms with Crippen LogP contribution in [0.2, 0.25) is 0 Å². The molecule has 20 heavy (non-hydrogen) atoms. The van der Waals surface area contributed by atoms with E-state index in [2.05, 4.69) is 23.6 Å². The number of benzene rings is 1. The Morgan fingerprint density at radius 1 is 1.30 bits per heavy atom. The second kappa shape index (κ2) is 5.47. The van der Waals surface area contributed by atoms with E-state index in [1.54, 1.807) is 0 Å². The molecule has 0 radical (unpaired) electrons. The fraction of sp³-hybridized carbons (Fsp3) is 0.600. The highest BCUT2D eigenvalue weighted by Gasteiger charge is 2.33. The van der Waals surface area contributed by atoms with Crippen molar-refractivity contribution in [2.45, 2.75) is 38.1 Å². The summed E-state index contributed by atoms with van der Waals surface area (Å²) in [4.78, 5) is 0. The Hall–Kier alpha value is -0.910. The number of nitrogens with two attached hydrogens (primary N) is 1. The molecule has 2 atom stereocenters. The molecule has 0 amide bonds. The second-order valence-corrected chi connectivity index (χ2v) is 8.33. The van der Waals surface area contributed by atoms with Crippen LogP contribution in [0.15, 0.2) is 18.2 Å². The summed E-state index contributed by atoms with van der Waals surface area (Å²) in [5.74, 6) is 6.37. The van der Waals surface area contributed by atoms with Crippen LogP contribution in [0.5, 0.6) is 0 Å². The van der Waals surface area contributed by atoms with E-state index in [0.717, 1.165) is 12.8 Å². The maximum atomic E-state index is 11.6. The highest BCUT2D eigenvalue weighted by molar-refractivity contribution is 7.91. The molecule has 0 saturated carbocycles. The minimum Gasteiger partial charge on any atom is -0.271 e. The van der Waals surface area contributed by atoms with Crippen LogP contribution in [0.4, 0.5) is 0 Å². The zero-order valence-corrected chi connectivity index (χ0v) is 12.5. The third-order valence-corrected chi connectivity index (χ3v) is 6.46. The van der Waals surface area contributed by atoms with E-state index in [0.29, 0.717) is 5.75 Å². The molecular formula is C15H22N2O2S. The van der Waals surface area contributed by atoms with Crippen molar-refractivity contribution in [3.05, 3.63) is 34.9 Å². The summed E-state index contributed by atoms with van der Waals surface area (Å²) in [6, 6.07) is 6.71. The van der Waals surface area contributed by atoms with Gasteiger partial charge in [0.1, 0.15) is 0 Å². The van der Waals surface area contributed by atoms with Gasteiger partial charge in [-0.2, -0.15) is 0 Å². The third-order valence-electron chi connectivity index (χ3n) is 4.67. The molecule has 1 aromatic carbocycles. The first-order chi connectivity index (χ1) is 9.57. The van der Waals surface area contributed by atoms with Crippen molar-refractivity contribution in [1.82, 2.24) is 5.43 Å². The summed E-state index contributed by atoms with van der Waals surface area (Å²) in [5, 5.41) is 0. The quantitative estimate of drug-likeness (QED) is 0.641. The van der Waals surface area contributed by atoms with Gasteiger partial charge in [-0.3, -0.25) is 11.3 Å². The van der Waals surface area contributed by atoms with E-state index in [1.165, 1.54) is 36.0 Å². The van der Waals surface area contributed by atoms with Crippen LogP contribution in [-0.4, -0.2) is 26.0 Å². The van der Waals surface area contributed by atoms with Gasteiger partial charge >= 0.3 is 0 Å². The van der Waals surface area contributed by atoms with E-state index in [4.69, 9.17) is 5.84 Å². The monoisotopic (exact) mass is 294 g/mol. The molecule has 0 aromatic heterocycles. The fourth-order valence-corrected chi connectivity index (χ4v) is 5.39. The standard InChI is InChI=1S/C15H22N2O2S/c16-17-15(14-6-7-20(18,19)10-14)9-11-4-5-12-2-1-3-13(12)8-11/h4-5,8,14-15,17H,1-3,6-7,9-10,16H2. The zero-order chi connectivity index (χ0) is 14.2. The molecule has 0 spiro atoms. The van der Waals surface area contributed by atoms with Crippen LogP contribution in [-0.2, 0) is 29.1 Å². The molecule has 2 unspecified atom stereocenters. The molecule has 3 rings (SSSR count). The van der Waals surface area contributed by atoms with E-state index >= 15 is 0 Å². The number of sulfone groups is 1. The number of hydrogen-bond acceptors (Lipinski definition) is 4. The van der Waals surface area contributed by atoms with Crippen molar-refractivity contribution in [1.29, 1.82) is 0 Å². The Balaban J connectivity index is 1.72. The topological polar surface area (TPSA) is 72.2 Å². The van der Waals surface area contributed by atoms with Gasteiger partial charge in [0.15, 0.2) is 9.84 Å². The first-order valence-corrected chi connectivity index (χ1v) is 9.17. The third kappa shape index (κ3) is 2.90. The molecule has 1 aromatic rings. The van der Waals surface area contributed by atoms with Crippen LogP contribution >= 0.6 is 0 Å². The van der Waals surface area contributed by atoms with Crippen molar-refractivity contribution in [2.75, 3.05) is 11.5 Å². The predicted octanol–water partition coefficient (Wildman–Crippen LogP) is 0.984. The number of rotatable bonds is 4. The van der Waals surface area contributed by atoms with Gasteiger partial charge in [-0.15, -0.1) is 0 Å². The highest BCUT2D eigenvalue weighted by atomic mass is 32.2. The molecule has 110 valence electrons. The fourth-order valence-electron chi connectivity index (χ4n) is 3.51. The molecule has 1 heterocycles. The summed E-state index contributed by atoms with van der Waals surface area (Å²) in [7, 11) is -2.85. The Bertz CT molecular complexity index is 598. The average Bonchev–Trinajstić information content (AvgIpc) is 3.01. The van der Waals surface area contributed by atoms with Crippen molar-refractivity contribution >= 4 is 9.84 Å². The normalized spacial score (nSPS) is 25.6. The number of hydrazine groups is 1.